The number of nitrogens with zero attached hydrogens (tertiary/aromatic N) is 1. The Bertz CT molecular complexity index is 342. The van der Waals surface area contributed by atoms with Crippen molar-refractivity contribution in [2.24, 2.45) is 4.99 Å². The number of aliphatic imine (C=N–C) groups is 1. The molecule has 82 valence electrons. The molecule has 0 N–H and O–H groups in total. The molecule has 0 aliphatic rings. The molecule has 0 aliphatic heterocycles. The lowest BCUT2D eigenvalue weighted by molar-refractivity contribution is 0.623. The summed E-state index contributed by atoms with van der Waals surface area (Å²) in [6, 6.07) is 5.04. The van der Waals surface area contributed by atoms with Crippen molar-refractivity contribution in [1.82, 2.24) is 0 Å². The van der Waals surface area contributed by atoms with Gasteiger partial charge < -0.3 is 0 Å². The fourth-order valence-electron chi connectivity index (χ4n) is 1.67. The number of hydrogen-bond acceptors (Lipinski definition) is 1. The molecule has 0 atom stereocenters. The molecule has 0 saturated carbocycles. The summed E-state index contributed by atoms with van der Waals surface area (Å²) >= 11 is 0. The van der Waals surface area contributed by atoms with Gasteiger partial charge in [0.1, 0.15) is 5.82 Å². The minimum Gasteiger partial charge on any atom is -0.297 e. The molecule has 0 amide bonds. The molecule has 0 fully saturated rings. The summed E-state index contributed by atoms with van der Waals surface area (Å²) in [7, 11) is 0. The highest BCUT2D eigenvalue weighted by molar-refractivity contribution is 5.53. The molecule has 0 spiro atoms. The lowest BCUT2D eigenvalue weighted by Gasteiger charge is -2.11. The van der Waals surface area contributed by atoms with Crippen molar-refractivity contribution in [1.29, 1.82) is 0 Å². The summed E-state index contributed by atoms with van der Waals surface area (Å²) in [4.78, 5) is 4.15. The molecule has 1 nitrogen and oxygen atoms in total. The van der Waals surface area contributed by atoms with Gasteiger partial charge in [0.2, 0.25) is 0 Å². The second-order valence-corrected chi connectivity index (χ2v) is 3.91. The predicted octanol–water partition coefficient (Wildman–Crippen LogP) is 3.58. The van der Waals surface area contributed by atoms with Gasteiger partial charge >= 0.3 is 0 Å². The Morgan fingerprint density at radius 2 is 2.13 bits per heavy atom. The molecule has 1 rings (SSSR count). The largest absolute Gasteiger partial charge is 0.297 e. The second-order valence-electron chi connectivity index (χ2n) is 3.91. The van der Waals surface area contributed by atoms with Crippen LogP contribution in [0.2, 0.25) is 0 Å². The smallest absolute Gasteiger partial charge is 0.123 e. The first-order valence-corrected chi connectivity index (χ1v) is 5.38. The van der Waals surface area contributed by atoms with Gasteiger partial charge in [0.05, 0.1) is 0 Å². The predicted molar refractivity (Wildman–Crippen MR) is 63.2 cm³/mol. The first kappa shape index (κ1) is 11.9. The van der Waals surface area contributed by atoms with Crippen LogP contribution in [-0.2, 0) is 6.42 Å². The van der Waals surface area contributed by atoms with Crippen LogP contribution in [0, 0.1) is 5.82 Å². The van der Waals surface area contributed by atoms with Crippen LogP contribution in [0.15, 0.2) is 23.2 Å². The van der Waals surface area contributed by atoms with Crippen LogP contribution in [0.25, 0.3) is 0 Å². The molecule has 1 aromatic carbocycles. The molecule has 0 radical (unpaired) electrons. The quantitative estimate of drug-likeness (QED) is 0.669. The van der Waals surface area contributed by atoms with E-state index < -0.39 is 0 Å². The van der Waals surface area contributed by atoms with Gasteiger partial charge in [-0.05, 0) is 48.7 Å². The average molecular weight is 207 g/mol. The topological polar surface area (TPSA) is 12.4 Å². The van der Waals surface area contributed by atoms with Gasteiger partial charge in [-0.25, -0.2) is 4.39 Å². The zero-order valence-corrected chi connectivity index (χ0v) is 9.63. The Morgan fingerprint density at radius 1 is 1.40 bits per heavy atom. The molecule has 0 aliphatic carbocycles. The van der Waals surface area contributed by atoms with Crippen molar-refractivity contribution < 1.29 is 4.39 Å². The molecular formula is C13H18FN. The number of rotatable bonds is 4. The van der Waals surface area contributed by atoms with Gasteiger partial charge in [0.15, 0.2) is 0 Å². The number of benzene rings is 1. The third-order valence-corrected chi connectivity index (χ3v) is 2.42. The van der Waals surface area contributed by atoms with Crippen molar-refractivity contribution in [3.05, 3.63) is 35.1 Å². The molecule has 0 aromatic heterocycles. The summed E-state index contributed by atoms with van der Waals surface area (Å²) in [5.41, 5.74) is 2.30. The highest BCUT2D eigenvalue weighted by Crippen LogP contribution is 2.20. The maximum Gasteiger partial charge on any atom is 0.123 e. The third-order valence-electron chi connectivity index (χ3n) is 2.42. The highest BCUT2D eigenvalue weighted by Gasteiger charge is 2.07. The highest BCUT2D eigenvalue weighted by atomic mass is 19.1. The minimum absolute atomic E-state index is 0.158. The van der Waals surface area contributed by atoms with E-state index in [0.717, 1.165) is 18.5 Å². The summed E-state index contributed by atoms with van der Waals surface area (Å²) in [6.07, 6.45) is 2.60. The van der Waals surface area contributed by atoms with Crippen LogP contribution in [0.3, 0.4) is 0 Å². The summed E-state index contributed by atoms with van der Waals surface area (Å²) in [6.45, 7) is 6.88. The van der Waals surface area contributed by atoms with Gasteiger partial charge in [-0.1, -0.05) is 19.9 Å². The Balaban J connectivity index is 2.86. The molecule has 0 heterocycles. The van der Waals surface area contributed by atoms with Crippen LogP contribution in [-0.4, -0.2) is 12.8 Å². The number of hydrogen-bond donors (Lipinski definition) is 0. The fourth-order valence-corrected chi connectivity index (χ4v) is 1.67. The van der Waals surface area contributed by atoms with E-state index in [0.29, 0.717) is 5.92 Å². The Kier molecular flexibility index (Phi) is 4.47. The van der Waals surface area contributed by atoms with Gasteiger partial charge in [0, 0.05) is 6.54 Å². The number of halogens is 1. The van der Waals surface area contributed by atoms with E-state index in [1.807, 2.05) is 13.0 Å². The zero-order valence-electron chi connectivity index (χ0n) is 9.63. The minimum atomic E-state index is -0.158. The zero-order chi connectivity index (χ0) is 11.3. The molecule has 0 unspecified atom stereocenters. The SMILES string of the molecule is CC=NCCc1cc(F)ccc1C(C)C. The maximum atomic E-state index is 13.1. The Morgan fingerprint density at radius 3 is 2.73 bits per heavy atom. The molecular weight excluding hydrogens is 189 g/mol. The summed E-state index contributed by atoms with van der Waals surface area (Å²) in [5.74, 6) is 0.279. The van der Waals surface area contributed by atoms with Crippen LogP contribution < -0.4 is 0 Å². The summed E-state index contributed by atoms with van der Waals surface area (Å²) < 4.78 is 13.1. The van der Waals surface area contributed by atoms with Crippen LogP contribution in [0.5, 0.6) is 0 Å². The first-order chi connectivity index (χ1) is 7.15. The van der Waals surface area contributed by atoms with Gasteiger partial charge in [-0.3, -0.25) is 4.99 Å². The normalized spacial score (nSPS) is 11.5. The van der Waals surface area contributed by atoms with Crippen molar-refractivity contribution in [2.75, 3.05) is 6.54 Å². The van der Waals surface area contributed by atoms with Gasteiger partial charge in [0.25, 0.3) is 0 Å². The van der Waals surface area contributed by atoms with E-state index in [2.05, 4.69) is 18.8 Å². The van der Waals surface area contributed by atoms with Crippen LogP contribution in [0.4, 0.5) is 4.39 Å². The molecule has 2 heteroatoms. The van der Waals surface area contributed by atoms with E-state index in [9.17, 15) is 4.39 Å². The summed E-state index contributed by atoms with van der Waals surface area (Å²) in [5, 5.41) is 0. The van der Waals surface area contributed by atoms with Crippen LogP contribution >= 0.6 is 0 Å². The third kappa shape index (κ3) is 3.46. The molecule has 0 saturated heterocycles. The molecule has 0 bridgehead atoms. The first-order valence-electron chi connectivity index (χ1n) is 5.38. The average Bonchev–Trinajstić information content (AvgIpc) is 2.18. The van der Waals surface area contributed by atoms with E-state index >= 15 is 0 Å². The van der Waals surface area contributed by atoms with Gasteiger partial charge in [-0.15, -0.1) is 0 Å². The van der Waals surface area contributed by atoms with Crippen LogP contribution in [0.1, 0.15) is 37.8 Å². The van der Waals surface area contributed by atoms with Crippen molar-refractivity contribution in [2.45, 2.75) is 33.1 Å². The van der Waals surface area contributed by atoms with E-state index in [4.69, 9.17) is 0 Å². The Labute approximate surface area is 91.0 Å². The monoisotopic (exact) mass is 207 g/mol. The lowest BCUT2D eigenvalue weighted by atomic mass is 9.95. The van der Waals surface area contributed by atoms with Crippen molar-refractivity contribution in [3.63, 3.8) is 0 Å². The maximum absolute atomic E-state index is 13.1. The lowest BCUT2D eigenvalue weighted by Crippen LogP contribution is -1.99. The molecule has 1 aromatic rings. The molecule has 15 heavy (non-hydrogen) atoms. The standard InChI is InChI=1S/C13H18FN/c1-4-15-8-7-11-9-12(14)5-6-13(11)10(2)3/h4-6,9-10H,7-8H2,1-3H3. The van der Waals surface area contributed by atoms with Gasteiger partial charge in [-0.2, -0.15) is 0 Å². The van der Waals surface area contributed by atoms with E-state index in [1.54, 1.807) is 12.3 Å². The fraction of sp³-hybridized carbons (Fsp3) is 0.462. The van der Waals surface area contributed by atoms with Crippen molar-refractivity contribution >= 4 is 6.21 Å². The van der Waals surface area contributed by atoms with Crippen molar-refractivity contribution in [3.8, 4) is 0 Å². The second kappa shape index (κ2) is 5.64. The van der Waals surface area contributed by atoms with E-state index in [1.165, 1.54) is 11.6 Å². The van der Waals surface area contributed by atoms with E-state index in [-0.39, 0.29) is 5.82 Å². The Hall–Kier alpha value is -1.18.